The summed E-state index contributed by atoms with van der Waals surface area (Å²) in [5.41, 5.74) is 3.07. The maximum absolute atomic E-state index is 11.8. The van der Waals surface area contributed by atoms with Crippen LogP contribution in [0.5, 0.6) is 23.0 Å². The molecule has 0 spiro atoms. The van der Waals surface area contributed by atoms with E-state index < -0.39 is 15.3 Å². The second kappa shape index (κ2) is 38.8. The molecule has 0 amide bonds. The molecule has 4 aromatic rings. The van der Waals surface area contributed by atoms with Crippen molar-refractivity contribution in [2.24, 2.45) is 9.98 Å². The summed E-state index contributed by atoms with van der Waals surface area (Å²) in [7, 11) is 2.97. The molecule has 0 fully saturated rings. The molecule has 0 saturated carbocycles. The molecule has 22 nitrogen and oxygen atoms in total. The first-order valence-electron chi connectivity index (χ1n) is 14.5. The van der Waals surface area contributed by atoms with Gasteiger partial charge in [-0.3, -0.25) is 20.0 Å². The van der Waals surface area contributed by atoms with Crippen LogP contribution in [0, 0.1) is 95.0 Å². The summed E-state index contributed by atoms with van der Waals surface area (Å²) in [6.07, 6.45) is 8.22. The molecule has 2 radical (unpaired) electrons. The number of nitrogens with zero attached hydrogens (tertiary/aromatic N) is 8. The van der Waals surface area contributed by atoms with E-state index in [1.54, 1.807) is 67.3 Å². The summed E-state index contributed by atoms with van der Waals surface area (Å²) in [5, 5.41) is 75.2. The van der Waals surface area contributed by atoms with E-state index in [2.05, 4.69) is 20.0 Å². The van der Waals surface area contributed by atoms with E-state index in [0.29, 0.717) is 35.7 Å². The molecular formula is C32H36HoN8NiO14-. The predicted octanol–water partition coefficient (Wildman–Crippen LogP) is 2.54. The number of aliphatic imine (C=N–C) groups is 2. The monoisotopic (exact) mass is 979 g/mol. The number of pyridine rings is 2. The SMILES string of the molecule is CC#N.COc1cccc(C=NCCc2ccccn2)c1[O-].COc1cccc(C=NCCc2ccccn2)c1[O-].O=[N+]([O-])[O-].O=[N+]([O-])[O-].O=[N+]([O-])[O-].[Ho].[Ni+3].[OH3+]. The average molecular weight is 980 g/mol. The van der Waals surface area contributed by atoms with Crippen molar-refractivity contribution in [3.8, 4) is 29.1 Å². The normalized spacial score (nSPS) is 8.75. The summed E-state index contributed by atoms with van der Waals surface area (Å²) in [5.74, 6) is 0.417. The molecule has 0 atom stereocenters. The van der Waals surface area contributed by atoms with Gasteiger partial charge >= 0.3 is 16.5 Å². The topological polar surface area (TPSA) is 370 Å². The van der Waals surface area contributed by atoms with Crippen LogP contribution in [-0.4, -0.2) is 65.0 Å². The molecule has 3 N–H and O–H groups in total. The number of aromatic nitrogens is 2. The zero-order chi connectivity index (χ0) is 40.4. The van der Waals surface area contributed by atoms with E-state index in [1.165, 1.54) is 21.1 Å². The minimum atomic E-state index is -1.75. The van der Waals surface area contributed by atoms with Gasteiger partial charge in [0.2, 0.25) is 0 Å². The number of benzene rings is 2. The Morgan fingerprint density at radius 3 is 1.21 bits per heavy atom. The minimum absolute atomic E-state index is 0. The van der Waals surface area contributed by atoms with Crippen molar-refractivity contribution >= 4 is 12.4 Å². The van der Waals surface area contributed by atoms with Gasteiger partial charge in [0.15, 0.2) is 0 Å². The van der Waals surface area contributed by atoms with Gasteiger partial charge in [0, 0.05) is 107 Å². The molecule has 24 heteroatoms. The Kier molecular flexibility index (Phi) is 41.1. The number of hydrogen-bond acceptors (Lipinski definition) is 18. The molecule has 310 valence electrons. The maximum Gasteiger partial charge on any atom is 3.00 e. The van der Waals surface area contributed by atoms with E-state index in [1.807, 2.05) is 36.4 Å². The second-order valence-corrected chi connectivity index (χ2v) is 8.86. The number of methoxy groups -OCH3 is 2. The maximum atomic E-state index is 11.8. The summed E-state index contributed by atoms with van der Waals surface area (Å²) >= 11 is 0. The molecule has 0 unspecified atom stereocenters. The Hall–Kier alpha value is -5.92. The van der Waals surface area contributed by atoms with Crippen molar-refractivity contribution in [2.45, 2.75) is 19.8 Å². The van der Waals surface area contributed by atoms with Crippen molar-refractivity contribution in [3.05, 3.63) is 154 Å². The van der Waals surface area contributed by atoms with Crippen molar-refractivity contribution in [2.75, 3.05) is 27.3 Å². The van der Waals surface area contributed by atoms with Gasteiger partial charge in [0.1, 0.15) is 11.5 Å². The molecule has 0 aliphatic carbocycles. The van der Waals surface area contributed by atoms with Gasteiger partial charge in [-0.25, -0.2) is 0 Å². The van der Waals surface area contributed by atoms with Gasteiger partial charge in [-0.1, -0.05) is 47.9 Å². The molecule has 0 aliphatic rings. The van der Waals surface area contributed by atoms with Gasteiger partial charge in [-0.2, -0.15) is 5.26 Å². The van der Waals surface area contributed by atoms with E-state index in [9.17, 15) is 10.2 Å². The second-order valence-electron chi connectivity index (χ2n) is 8.86. The third-order valence-electron chi connectivity index (χ3n) is 5.37. The van der Waals surface area contributed by atoms with E-state index in [-0.39, 0.29) is 71.2 Å². The van der Waals surface area contributed by atoms with Crippen LogP contribution in [0.15, 0.2) is 95.2 Å². The molecule has 2 aromatic carbocycles. The van der Waals surface area contributed by atoms with Crippen LogP contribution in [0.25, 0.3) is 0 Å². The fraction of sp³-hybridized carbons (Fsp3) is 0.219. The van der Waals surface area contributed by atoms with Crippen LogP contribution in [-0.2, 0) is 34.8 Å². The number of ether oxygens (including phenoxy) is 2. The molecular weight excluding hydrogens is 944 g/mol. The van der Waals surface area contributed by atoms with Crippen LogP contribution in [0.4, 0.5) is 0 Å². The van der Waals surface area contributed by atoms with Crippen LogP contribution in [0.3, 0.4) is 0 Å². The fourth-order valence-electron chi connectivity index (χ4n) is 3.37. The van der Waals surface area contributed by atoms with Gasteiger partial charge in [0.25, 0.3) is 0 Å². The third-order valence-corrected chi connectivity index (χ3v) is 5.37. The number of nitriles is 1. The van der Waals surface area contributed by atoms with Crippen LogP contribution < -0.4 is 19.7 Å². The Morgan fingerprint density at radius 2 is 0.964 bits per heavy atom. The first kappa shape index (κ1) is 59.4. The summed E-state index contributed by atoms with van der Waals surface area (Å²) in [6.45, 7) is 2.64. The summed E-state index contributed by atoms with van der Waals surface area (Å²) in [4.78, 5) is 41.7. The van der Waals surface area contributed by atoms with Crippen molar-refractivity contribution in [3.63, 3.8) is 0 Å². The number of hydrogen-bond donors (Lipinski definition) is 0. The molecule has 56 heavy (non-hydrogen) atoms. The van der Waals surface area contributed by atoms with Gasteiger partial charge < -0.3 is 71.1 Å². The fourth-order valence-corrected chi connectivity index (χ4v) is 3.37. The van der Waals surface area contributed by atoms with Gasteiger partial charge in [-0.15, -0.1) is 0 Å². The zero-order valence-corrected chi connectivity index (χ0v) is 32.6. The molecule has 2 aromatic heterocycles. The standard InChI is InChI=1S/2C15H16N2O2.C2H3N.Ho.3NO3.Ni.H2O/c2*1-19-14-7-4-5-12(15(14)18)11-16-10-8-13-6-2-3-9-17-13;1-2-3;;3*2-1(3)4;;/h2*2-7,9,11,18H,8,10H2,1H3;1H3;;;;;;1H2/q;;;;3*-1;+3;/p-1. The molecule has 4 rings (SSSR count). The van der Waals surface area contributed by atoms with Crippen LogP contribution in [0.2, 0.25) is 0 Å². The van der Waals surface area contributed by atoms with Crippen LogP contribution in [0.1, 0.15) is 29.4 Å². The Bertz CT molecular complexity index is 1600. The third kappa shape index (κ3) is 33.9. The molecule has 2 heterocycles. The van der Waals surface area contributed by atoms with Crippen LogP contribution >= 0.6 is 0 Å². The average Bonchev–Trinajstić information content (AvgIpc) is 3.11. The zero-order valence-electron chi connectivity index (χ0n) is 29.6. The van der Waals surface area contributed by atoms with Gasteiger partial charge in [0.05, 0.1) is 35.5 Å². The van der Waals surface area contributed by atoms with Gasteiger partial charge in [-0.05, 0) is 47.5 Å². The quantitative estimate of drug-likeness (QED) is 0.0724. The largest absolute Gasteiger partial charge is 3.00 e. The number of para-hydroxylation sites is 2. The van der Waals surface area contributed by atoms with E-state index in [4.69, 9.17) is 60.7 Å². The van der Waals surface area contributed by atoms with Crippen molar-refractivity contribution < 1.29 is 94.7 Å². The first-order valence-corrected chi connectivity index (χ1v) is 14.5. The summed E-state index contributed by atoms with van der Waals surface area (Å²) in [6, 6.07) is 23.6. The Balaban J connectivity index is -0.000000220. The molecule has 0 aliphatic heterocycles. The van der Waals surface area contributed by atoms with E-state index >= 15 is 0 Å². The first-order chi connectivity index (χ1) is 25.2. The smallest absolute Gasteiger partial charge is 0.870 e. The summed E-state index contributed by atoms with van der Waals surface area (Å²) < 4.78 is 9.95. The predicted molar refractivity (Wildman–Crippen MR) is 193 cm³/mol. The van der Waals surface area contributed by atoms with E-state index in [0.717, 1.165) is 24.2 Å². The molecule has 0 bridgehead atoms. The Morgan fingerprint density at radius 1 is 0.661 bits per heavy atom. The Labute approximate surface area is 360 Å². The number of rotatable bonds is 10. The minimum Gasteiger partial charge on any atom is -0.870 e. The molecule has 0 saturated heterocycles. The van der Waals surface area contributed by atoms with Crippen molar-refractivity contribution in [1.29, 1.82) is 5.26 Å². The van der Waals surface area contributed by atoms with Crippen molar-refractivity contribution in [1.82, 2.24) is 9.97 Å².